The summed E-state index contributed by atoms with van der Waals surface area (Å²) in [5, 5.41) is 14.9. The number of hydrogen-bond donors (Lipinski definition) is 4. The molecule has 1 atom stereocenters. The first kappa shape index (κ1) is 13.6. The molecule has 0 aliphatic rings. The second-order valence-corrected chi connectivity index (χ2v) is 4.95. The van der Waals surface area contributed by atoms with E-state index >= 15 is 0 Å². The summed E-state index contributed by atoms with van der Waals surface area (Å²) in [4.78, 5) is 27.9. The molecule has 84 valence electrons. The third-order valence-corrected chi connectivity index (χ3v) is 3.33. The molecule has 7 heteroatoms. The van der Waals surface area contributed by atoms with Crippen LogP contribution in [0.25, 0.3) is 0 Å². The van der Waals surface area contributed by atoms with E-state index in [1.54, 1.807) is 0 Å². The normalized spacial score (nSPS) is 16.3. The van der Waals surface area contributed by atoms with Gasteiger partial charge < -0.3 is 20.0 Å². The Morgan fingerprint density at radius 2 is 1.86 bits per heavy atom. The van der Waals surface area contributed by atoms with Crippen LogP contribution in [-0.2, 0) is 9.36 Å². The standard InChI is InChI=1S/C7H15O6P/c1-2-3-4-5-7(10,6(8)9)14(11,12)13/h10H,2-5H2,1H3,(H,8,9)(H2,11,12,13). The van der Waals surface area contributed by atoms with Gasteiger partial charge in [-0.2, -0.15) is 0 Å². The van der Waals surface area contributed by atoms with Crippen LogP contribution in [0.15, 0.2) is 0 Å². The number of unbranched alkanes of at least 4 members (excludes halogenated alkanes) is 2. The van der Waals surface area contributed by atoms with Gasteiger partial charge in [0.25, 0.3) is 5.34 Å². The minimum atomic E-state index is -5.03. The minimum Gasteiger partial charge on any atom is -0.479 e. The Morgan fingerprint density at radius 1 is 1.36 bits per heavy atom. The Hall–Kier alpha value is -0.420. The SMILES string of the molecule is CCCCCC(O)(C(=O)O)P(=O)(O)O. The zero-order valence-electron chi connectivity index (χ0n) is 7.88. The predicted molar refractivity (Wildman–Crippen MR) is 48.8 cm³/mol. The second kappa shape index (κ2) is 4.89. The van der Waals surface area contributed by atoms with Crippen molar-refractivity contribution >= 4 is 13.6 Å². The van der Waals surface area contributed by atoms with Crippen LogP contribution < -0.4 is 0 Å². The summed E-state index contributed by atoms with van der Waals surface area (Å²) in [6.07, 6.45) is 1.23. The average molecular weight is 226 g/mol. The van der Waals surface area contributed by atoms with E-state index in [9.17, 15) is 14.5 Å². The van der Waals surface area contributed by atoms with Crippen LogP contribution >= 0.6 is 7.60 Å². The summed E-state index contributed by atoms with van der Waals surface area (Å²) in [5.74, 6) is -1.87. The van der Waals surface area contributed by atoms with E-state index in [0.717, 1.165) is 6.42 Å². The molecule has 0 aromatic carbocycles. The monoisotopic (exact) mass is 226 g/mol. The molecule has 0 fully saturated rings. The Bertz CT molecular complexity index is 247. The van der Waals surface area contributed by atoms with Gasteiger partial charge in [-0.05, 0) is 12.8 Å². The van der Waals surface area contributed by atoms with Crippen molar-refractivity contribution in [3.05, 3.63) is 0 Å². The molecule has 0 saturated heterocycles. The van der Waals surface area contributed by atoms with Crippen LogP contribution in [0.1, 0.15) is 32.6 Å². The van der Waals surface area contributed by atoms with E-state index in [0.29, 0.717) is 6.42 Å². The number of aliphatic hydroxyl groups is 1. The highest BCUT2D eigenvalue weighted by atomic mass is 31.2. The molecule has 0 rings (SSSR count). The molecule has 0 saturated carbocycles. The molecule has 4 N–H and O–H groups in total. The lowest BCUT2D eigenvalue weighted by Crippen LogP contribution is -2.38. The van der Waals surface area contributed by atoms with E-state index in [1.165, 1.54) is 0 Å². The maximum absolute atomic E-state index is 10.8. The lowest BCUT2D eigenvalue weighted by atomic mass is 10.1. The van der Waals surface area contributed by atoms with Crippen LogP contribution in [0.4, 0.5) is 0 Å². The number of rotatable bonds is 6. The van der Waals surface area contributed by atoms with Crippen LogP contribution in [0.2, 0.25) is 0 Å². The van der Waals surface area contributed by atoms with Crippen molar-refractivity contribution in [2.24, 2.45) is 0 Å². The van der Waals surface area contributed by atoms with E-state index in [2.05, 4.69) is 0 Å². The van der Waals surface area contributed by atoms with E-state index in [-0.39, 0.29) is 6.42 Å². The number of carboxylic acid groups (broad SMARTS) is 1. The van der Waals surface area contributed by atoms with Crippen molar-refractivity contribution in [3.63, 3.8) is 0 Å². The molecule has 0 aromatic heterocycles. The number of hydrogen-bond acceptors (Lipinski definition) is 3. The minimum absolute atomic E-state index is 0.268. The van der Waals surface area contributed by atoms with Gasteiger partial charge in [-0.25, -0.2) is 4.79 Å². The Kier molecular flexibility index (Phi) is 4.74. The van der Waals surface area contributed by atoms with Gasteiger partial charge >= 0.3 is 13.6 Å². The van der Waals surface area contributed by atoms with Crippen LogP contribution in [-0.4, -0.2) is 31.3 Å². The molecule has 0 aliphatic heterocycles. The summed E-state index contributed by atoms with van der Waals surface area (Å²) >= 11 is 0. The van der Waals surface area contributed by atoms with Crippen molar-refractivity contribution in [3.8, 4) is 0 Å². The molecule has 0 bridgehead atoms. The van der Waals surface area contributed by atoms with Crippen LogP contribution in [0, 0.1) is 0 Å². The molecule has 0 amide bonds. The molecular formula is C7H15O6P. The Labute approximate surface area is 81.7 Å². The van der Waals surface area contributed by atoms with Gasteiger partial charge in [0.05, 0.1) is 0 Å². The highest BCUT2D eigenvalue weighted by Crippen LogP contribution is 2.51. The molecule has 14 heavy (non-hydrogen) atoms. The zero-order chi connectivity index (χ0) is 11.4. The van der Waals surface area contributed by atoms with Crippen molar-refractivity contribution in [1.82, 2.24) is 0 Å². The molecule has 0 radical (unpaired) electrons. The molecule has 0 spiro atoms. The van der Waals surface area contributed by atoms with E-state index < -0.39 is 25.3 Å². The van der Waals surface area contributed by atoms with Crippen molar-refractivity contribution in [2.45, 2.75) is 37.9 Å². The van der Waals surface area contributed by atoms with Gasteiger partial charge in [0.15, 0.2) is 0 Å². The summed E-state index contributed by atoms with van der Waals surface area (Å²) in [5.41, 5.74) is 0. The largest absolute Gasteiger partial charge is 0.479 e. The summed E-state index contributed by atoms with van der Waals surface area (Å²) in [7, 11) is -5.03. The first-order chi connectivity index (χ1) is 6.25. The van der Waals surface area contributed by atoms with Crippen molar-refractivity contribution in [2.75, 3.05) is 0 Å². The molecular weight excluding hydrogens is 211 g/mol. The first-order valence-electron chi connectivity index (χ1n) is 4.27. The fourth-order valence-electron chi connectivity index (χ4n) is 0.999. The second-order valence-electron chi connectivity index (χ2n) is 3.12. The molecule has 1 unspecified atom stereocenters. The van der Waals surface area contributed by atoms with Gasteiger partial charge in [-0.1, -0.05) is 19.8 Å². The highest BCUT2D eigenvalue weighted by Gasteiger charge is 2.51. The molecule has 0 heterocycles. The van der Waals surface area contributed by atoms with Gasteiger partial charge in [0.1, 0.15) is 0 Å². The fourth-order valence-corrected chi connectivity index (χ4v) is 1.70. The van der Waals surface area contributed by atoms with Gasteiger partial charge in [0.2, 0.25) is 0 Å². The molecule has 6 nitrogen and oxygen atoms in total. The lowest BCUT2D eigenvalue weighted by Gasteiger charge is -2.23. The smallest absolute Gasteiger partial charge is 0.368 e. The van der Waals surface area contributed by atoms with Gasteiger partial charge in [-0.3, -0.25) is 4.57 Å². The highest BCUT2D eigenvalue weighted by molar-refractivity contribution is 7.54. The predicted octanol–water partition coefficient (Wildman–Crippen LogP) is 0.518. The third-order valence-electron chi connectivity index (χ3n) is 1.95. The summed E-state index contributed by atoms with van der Waals surface area (Å²) in [6, 6.07) is 0. The number of carboxylic acids is 1. The van der Waals surface area contributed by atoms with Gasteiger partial charge in [-0.15, -0.1) is 0 Å². The van der Waals surface area contributed by atoms with Crippen LogP contribution in [0.3, 0.4) is 0 Å². The van der Waals surface area contributed by atoms with E-state index in [4.69, 9.17) is 14.9 Å². The maximum Gasteiger partial charge on any atom is 0.368 e. The van der Waals surface area contributed by atoms with Crippen molar-refractivity contribution < 1.29 is 29.4 Å². The van der Waals surface area contributed by atoms with Gasteiger partial charge in [0, 0.05) is 0 Å². The quantitative estimate of drug-likeness (QED) is 0.387. The maximum atomic E-state index is 10.8. The molecule has 0 aromatic rings. The topological polar surface area (TPSA) is 115 Å². The first-order valence-corrected chi connectivity index (χ1v) is 5.88. The third kappa shape index (κ3) is 3.06. The van der Waals surface area contributed by atoms with E-state index in [1.807, 2.05) is 6.92 Å². The summed E-state index contributed by atoms with van der Waals surface area (Å²) < 4.78 is 10.8. The molecule has 0 aliphatic carbocycles. The van der Waals surface area contributed by atoms with Crippen molar-refractivity contribution in [1.29, 1.82) is 0 Å². The van der Waals surface area contributed by atoms with Crippen LogP contribution in [0.5, 0.6) is 0 Å². The number of aliphatic carboxylic acids is 1. The fraction of sp³-hybridized carbons (Fsp3) is 0.857. The lowest BCUT2D eigenvalue weighted by molar-refractivity contribution is -0.152. The zero-order valence-corrected chi connectivity index (χ0v) is 8.78. The average Bonchev–Trinajstić information content (AvgIpc) is 2.02. The Morgan fingerprint density at radius 3 is 2.14 bits per heavy atom. The summed E-state index contributed by atoms with van der Waals surface area (Å²) in [6.45, 7) is 1.86. The number of carbonyl (C=O) groups is 1. The Balaban J connectivity index is 4.59.